The lowest BCUT2D eigenvalue weighted by Crippen LogP contribution is -2.09. The predicted octanol–water partition coefficient (Wildman–Crippen LogP) is 6.56. The molecular weight excluding hydrogens is 423 g/mol. The summed E-state index contributed by atoms with van der Waals surface area (Å²) < 4.78 is 5.59. The predicted molar refractivity (Wildman–Crippen MR) is 115 cm³/mol. The van der Waals surface area contributed by atoms with Crippen molar-refractivity contribution in [3.63, 3.8) is 0 Å². The van der Waals surface area contributed by atoms with Gasteiger partial charge in [0.05, 0.1) is 20.8 Å². The van der Waals surface area contributed by atoms with E-state index in [1.165, 1.54) is 12.1 Å². The third-order valence-electron chi connectivity index (χ3n) is 4.03. The molecule has 0 spiro atoms. The van der Waals surface area contributed by atoms with Crippen LogP contribution in [0.1, 0.15) is 5.56 Å². The molecule has 146 valence electrons. The number of benzene rings is 3. The third kappa shape index (κ3) is 4.50. The highest BCUT2D eigenvalue weighted by molar-refractivity contribution is 6.37. The molecule has 3 rings (SSSR count). The molecule has 28 heavy (non-hydrogen) atoms. The van der Waals surface area contributed by atoms with Crippen LogP contribution in [0.2, 0.25) is 15.1 Å². The topological polar surface area (TPSA) is 73.8 Å². The van der Waals surface area contributed by atoms with Crippen molar-refractivity contribution in [1.82, 2.24) is 0 Å². The number of ether oxygens (including phenoxy) is 1. The molecular formula is C20H17Cl3N2O3. The maximum atomic E-state index is 10.3. The Morgan fingerprint density at radius 3 is 2.18 bits per heavy atom. The maximum absolute atomic E-state index is 10.3. The Morgan fingerprint density at radius 1 is 0.893 bits per heavy atom. The summed E-state index contributed by atoms with van der Waals surface area (Å²) in [5, 5.41) is 26.6. The molecule has 0 saturated heterocycles. The van der Waals surface area contributed by atoms with Gasteiger partial charge in [-0.05, 0) is 42.8 Å². The Morgan fingerprint density at radius 2 is 1.54 bits per heavy atom. The molecule has 3 aromatic rings. The summed E-state index contributed by atoms with van der Waals surface area (Å²) in [6, 6.07) is 14.1. The van der Waals surface area contributed by atoms with E-state index in [4.69, 9.17) is 39.5 Å². The lowest BCUT2D eigenvalue weighted by molar-refractivity contribution is 0.345. The van der Waals surface area contributed by atoms with Crippen molar-refractivity contribution < 1.29 is 14.9 Å². The van der Waals surface area contributed by atoms with Crippen molar-refractivity contribution in [3.05, 3.63) is 69.2 Å². The Bertz CT molecular complexity index is 975. The van der Waals surface area contributed by atoms with E-state index in [2.05, 4.69) is 10.6 Å². The fourth-order valence-electron chi connectivity index (χ4n) is 2.51. The Labute approximate surface area is 177 Å². The smallest absolute Gasteiger partial charge is 0.159 e. The molecule has 8 heteroatoms. The summed E-state index contributed by atoms with van der Waals surface area (Å²) in [4.78, 5) is 0. The monoisotopic (exact) mass is 438 g/mol. The number of phenolic OH excluding ortho intramolecular Hbond substituents is 2. The van der Waals surface area contributed by atoms with Gasteiger partial charge >= 0.3 is 0 Å². The fraction of sp³-hybridized carbons (Fsp3) is 0.100. The molecule has 0 bridgehead atoms. The van der Waals surface area contributed by atoms with Gasteiger partial charge < -0.3 is 25.6 Å². The second-order valence-electron chi connectivity index (χ2n) is 5.95. The molecule has 0 aliphatic heterocycles. The quantitative estimate of drug-likeness (QED) is 0.199. The lowest BCUT2D eigenvalue weighted by Gasteiger charge is -2.17. The second kappa shape index (κ2) is 8.69. The van der Waals surface area contributed by atoms with Gasteiger partial charge in [-0.3, -0.25) is 0 Å². The van der Waals surface area contributed by atoms with Gasteiger partial charge in [-0.15, -0.1) is 0 Å². The van der Waals surface area contributed by atoms with Gasteiger partial charge in [0.2, 0.25) is 0 Å². The minimum Gasteiger partial charge on any atom is -0.505 e. The third-order valence-corrected chi connectivity index (χ3v) is 5.06. The molecule has 0 atom stereocenters. The number of halogens is 3. The van der Waals surface area contributed by atoms with Crippen LogP contribution in [0.25, 0.3) is 0 Å². The van der Waals surface area contributed by atoms with Gasteiger partial charge in [-0.25, -0.2) is 0 Å². The molecule has 4 N–H and O–H groups in total. The van der Waals surface area contributed by atoms with Crippen LogP contribution in [0.4, 0.5) is 17.1 Å². The molecule has 0 amide bonds. The van der Waals surface area contributed by atoms with E-state index >= 15 is 0 Å². The van der Waals surface area contributed by atoms with Crippen LogP contribution in [0.3, 0.4) is 0 Å². The van der Waals surface area contributed by atoms with Crippen molar-refractivity contribution in [3.8, 4) is 17.2 Å². The molecule has 0 heterocycles. The van der Waals surface area contributed by atoms with Crippen LogP contribution in [-0.4, -0.2) is 16.9 Å². The zero-order valence-corrected chi connectivity index (χ0v) is 17.0. The first-order valence-electron chi connectivity index (χ1n) is 8.25. The molecule has 0 unspecified atom stereocenters. The minimum atomic E-state index is -0.185. The molecule has 5 nitrogen and oxygen atoms in total. The summed E-state index contributed by atoms with van der Waals surface area (Å²) in [6.45, 7) is 1.89. The summed E-state index contributed by atoms with van der Waals surface area (Å²) in [5.41, 5.74) is 2.21. The number of hydrogen-bond acceptors (Lipinski definition) is 5. The average Bonchev–Trinajstić information content (AvgIpc) is 2.68. The van der Waals surface area contributed by atoms with Crippen molar-refractivity contribution >= 4 is 51.9 Å². The number of nitrogens with one attached hydrogen (secondary N) is 2. The van der Waals surface area contributed by atoms with E-state index in [1.54, 1.807) is 13.0 Å². The number of anilines is 3. The maximum Gasteiger partial charge on any atom is 0.159 e. The van der Waals surface area contributed by atoms with Crippen LogP contribution in [0, 0.1) is 6.92 Å². The van der Waals surface area contributed by atoms with Gasteiger partial charge in [0.25, 0.3) is 0 Å². The normalized spacial score (nSPS) is 10.6. The highest BCUT2D eigenvalue weighted by Gasteiger charge is 2.15. The molecule has 0 aliphatic carbocycles. The van der Waals surface area contributed by atoms with E-state index in [9.17, 15) is 10.2 Å². The summed E-state index contributed by atoms with van der Waals surface area (Å²) >= 11 is 18.2. The molecule has 0 saturated carbocycles. The van der Waals surface area contributed by atoms with Crippen molar-refractivity contribution in [2.45, 2.75) is 6.92 Å². The van der Waals surface area contributed by atoms with Gasteiger partial charge in [0, 0.05) is 11.4 Å². The van der Waals surface area contributed by atoms with Crippen molar-refractivity contribution in [2.75, 3.05) is 17.4 Å². The van der Waals surface area contributed by atoms with Crippen LogP contribution >= 0.6 is 34.8 Å². The van der Waals surface area contributed by atoms with Crippen LogP contribution in [0.5, 0.6) is 17.2 Å². The number of para-hydroxylation sites is 1. The average molecular weight is 440 g/mol. The van der Waals surface area contributed by atoms with E-state index in [1.807, 2.05) is 30.3 Å². The summed E-state index contributed by atoms with van der Waals surface area (Å²) in [5.74, 6) is 0.428. The molecule has 0 aliphatic rings. The zero-order valence-electron chi connectivity index (χ0n) is 14.8. The van der Waals surface area contributed by atoms with Gasteiger partial charge in [0.1, 0.15) is 5.75 Å². The lowest BCUT2D eigenvalue weighted by atomic mass is 10.1. The number of hydrogen-bond donors (Lipinski definition) is 4. The SMILES string of the molecule is Cc1c(Nc2cc(Cl)c(O)c(Cl)c2)cc(NCOc2ccccc2)c(O)c1Cl. The Balaban J connectivity index is 1.82. The van der Waals surface area contributed by atoms with Gasteiger partial charge in [-0.1, -0.05) is 53.0 Å². The van der Waals surface area contributed by atoms with Crippen LogP contribution < -0.4 is 15.4 Å². The fourth-order valence-corrected chi connectivity index (χ4v) is 3.20. The van der Waals surface area contributed by atoms with Crippen LogP contribution in [0.15, 0.2) is 48.5 Å². The van der Waals surface area contributed by atoms with Gasteiger partial charge in [-0.2, -0.15) is 0 Å². The Hall–Kier alpha value is -2.47. The number of rotatable bonds is 6. The molecule has 0 radical (unpaired) electrons. The first-order valence-corrected chi connectivity index (χ1v) is 9.39. The highest BCUT2D eigenvalue weighted by atomic mass is 35.5. The number of aromatic hydroxyl groups is 2. The second-order valence-corrected chi connectivity index (χ2v) is 7.14. The van der Waals surface area contributed by atoms with E-state index in [-0.39, 0.29) is 33.3 Å². The van der Waals surface area contributed by atoms with Crippen molar-refractivity contribution in [1.29, 1.82) is 0 Å². The summed E-state index contributed by atoms with van der Waals surface area (Å²) in [6.07, 6.45) is 0. The minimum absolute atomic E-state index is 0.0804. The Kier molecular flexibility index (Phi) is 6.29. The molecule has 0 aromatic heterocycles. The van der Waals surface area contributed by atoms with E-state index in [0.717, 1.165) is 0 Å². The standard InChI is InChI=1S/C20H17Cl3N2O3/c1-11-16(25-12-7-14(21)19(26)15(22)8-12)9-17(20(27)18(11)23)24-10-28-13-5-3-2-4-6-13/h2-9,24-27H,10H2,1H3. The van der Waals surface area contributed by atoms with E-state index < -0.39 is 0 Å². The van der Waals surface area contributed by atoms with Crippen LogP contribution in [-0.2, 0) is 0 Å². The first kappa shape index (κ1) is 20.3. The highest BCUT2D eigenvalue weighted by Crippen LogP contribution is 2.41. The molecule has 0 fully saturated rings. The largest absolute Gasteiger partial charge is 0.505 e. The van der Waals surface area contributed by atoms with Crippen molar-refractivity contribution in [2.24, 2.45) is 0 Å². The summed E-state index contributed by atoms with van der Waals surface area (Å²) in [7, 11) is 0. The first-order chi connectivity index (χ1) is 13.4. The zero-order chi connectivity index (χ0) is 20.3. The molecule has 3 aromatic carbocycles. The van der Waals surface area contributed by atoms with Gasteiger partial charge in [0.15, 0.2) is 18.2 Å². The van der Waals surface area contributed by atoms with E-state index in [0.29, 0.717) is 28.4 Å². The number of phenols is 2.